The fourth-order valence-corrected chi connectivity index (χ4v) is 2.56. The lowest BCUT2D eigenvalue weighted by molar-refractivity contribution is -0.132. The quantitative estimate of drug-likeness (QED) is 0.562. The minimum Gasteiger partial charge on any atom is -0.477 e. The van der Waals surface area contributed by atoms with Crippen LogP contribution in [-0.4, -0.2) is 22.9 Å². The number of carboxylic acid groups (broad SMARTS) is 1. The molecule has 0 saturated heterocycles. The largest absolute Gasteiger partial charge is 0.477 e. The molecule has 0 aliphatic carbocycles. The first kappa shape index (κ1) is 19.6. The van der Waals surface area contributed by atoms with Crippen molar-refractivity contribution in [3.8, 4) is 0 Å². The molecule has 2 amide bonds. The molecule has 144 valence electrons. The maximum absolute atomic E-state index is 12.4. The Labute approximate surface area is 167 Å². The van der Waals surface area contributed by atoms with Crippen molar-refractivity contribution in [3.05, 3.63) is 107 Å². The molecule has 0 radical (unpaired) electrons. The Morgan fingerprint density at radius 3 is 1.83 bits per heavy atom. The topological polar surface area (TPSA) is 95.5 Å². The summed E-state index contributed by atoms with van der Waals surface area (Å²) >= 11 is 0. The van der Waals surface area contributed by atoms with E-state index in [4.69, 9.17) is 0 Å². The fourth-order valence-electron chi connectivity index (χ4n) is 2.56. The molecule has 0 unspecified atom stereocenters. The highest BCUT2D eigenvalue weighted by molar-refractivity contribution is 6.05. The van der Waals surface area contributed by atoms with Gasteiger partial charge in [0, 0.05) is 16.8 Å². The molecule has 0 heterocycles. The van der Waals surface area contributed by atoms with Crippen LogP contribution in [0.5, 0.6) is 0 Å². The van der Waals surface area contributed by atoms with E-state index in [-0.39, 0.29) is 17.2 Å². The Bertz CT molecular complexity index is 1040. The van der Waals surface area contributed by atoms with Crippen LogP contribution in [0.3, 0.4) is 0 Å². The molecule has 3 N–H and O–H groups in total. The molecule has 0 fully saturated rings. The maximum Gasteiger partial charge on any atom is 0.352 e. The Morgan fingerprint density at radius 1 is 0.690 bits per heavy atom. The summed E-state index contributed by atoms with van der Waals surface area (Å²) in [6.45, 7) is 0. The average molecular weight is 386 g/mol. The van der Waals surface area contributed by atoms with Gasteiger partial charge < -0.3 is 15.7 Å². The first-order valence-corrected chi connectivity index (χ1v) is 8.81. The van der Waals surface area contributed by atoms with E-state index < -0.39 is 11.9 Å². The molecular formula is C23H18N2O4. The van der Waals surface area contributed by atoms with Gasteiger partial charge in [-0.2, -0.15) is 0 Å². The minimum absolute atomic E-state index is 0.234. The number of rotatable bonds is 6. The van der Waals surface area contributed by atoms with E-state index in [1.807, 2.05) is 12.1 Å². The second-order valence-electron chi connectivity index (χ2n) is 6.13. The van der Waals surface area contributed by atoms with Crippen LogP contribution in [0.1, 0.15) is 26.3 Å². The number of anilines is 1. The van der Waals surface area contributed by atoms with Gasteiger partial charge in [0.1, 0.15) is 5.70 Å². The van der Waals surface area contributed by atoms with E-state index in [0.717, 1.165) is 0 Å². The van der Waals surface area contributed by atoms with Crippen LogP contribution in [0.25, 0.3) is 6.08 Å². The minimum atomic E-state index is -1.24. The first-order chi connectivity index (χ1) is 14.0. The molecule has 0 atom stereocenters. The molecular weight excluding hydrogens is 368 g/mol. The van der Waals surface area contributed by atoms with Crippen LogP contribution in [-0.2, 0) is 4.79 Å². The third kappa shape index (κ3) is 5.40. The SMILES string of the molecule is O=C(O)/C(=C\c1ccccc1)NC(=O)c1ccc(NC(=O)c2ccccc2)cc1. The van der Waals surface area contributed by atoms with E-state index in [1.165, 1.54) is 18.2 Å². The zero-order valence-electron chi connectivity index (χ0n) is 15.3. The molecule has 3 aromatic rings. The molecule has 0 saturated carbocycles. The van der Waals surface area contributed by atoms with Crippen LogP contribution < -0.4 is 10.6 Å². The van der Waals surface area contributed by atoms with Gasteiger partial charge in [-0.3, -0.25) is 9.59 Å². The van der Waals surface area contributed by atoms with Crippen molar-refractivity contribution >= 4 is 29.5 Å². The summed E-state index contributed by atoms with van der Waals surface area (Å²) in [6.07, 6.45) is 1.38. The summed E-state index contributed by atoms with van der Waals surface area (Å²) < 4.78 is 0. The number of carbonyl (C=O) groups is 3. The highest BCUT2D eigenvalue weighted by Crippen LogP contribution is 2.13. The normalized spacial score (nSPS) is 10.8. The van der Waals surface area contributed by atoms with Crippen molar-refractivity contribution in [2.75, 3.05) is 5.32 Å². The van der Waals surface area contributed by atoms with Gasteiger partial charge in [0.15, 0.2) is 0 Å². The number of amides is 2. The van der Waals surface area contributed by atoms with E-state index in [0.29, 0.717) is 16.8 Å². The molecule has 0 aliphatic heterocycles. The Kier molecular flexibility index (Phi) is 6.17. The number of nitrogens with one attached hydrogen (secondary N) is 2. The van der Waals surface area contributed by atoms with Crippen LogP contribution in [0.4, 0.5) is 5.69 Å². The standard InChI is InChI=1S/C23H18N2O4/c26-21(17-9-5-2-6-10-17)24-19-13-11-18(12-14-19)22(27)25-20(23(28)29)15-16-7-3-1-4-8-16/h1-15H,(H,24,26)(H,25,27)(H,28,29)/b20-15+. The lowest BCUT2D eigenvalue weighted by Crippen LogP contribution is -2.27. The third-order valence-corrected chi connectivity index (χ3v) is 4.03. The van der Waals surface area contributed by atoms with Crippen molar-refractivity contribution in [3.63, 3.8) is 0 Å². The molecule has 0 aliphatic rings. The van der Waals surface area contributed by atoms with Crippen LogP contribution in [0, 0.1) is 0 Å². The van der Waals surface area contributed by atoms with Crippen molar-refractivity contribution in [2.45, 2.75) is 0 Å². The molecule has 0 bridgehead atoms. The molecule has 3 rings (SSSR count). The van der Waals surface area contributed by atoms with E-state index in [1.54, 1.807) is 60.7 Å². The fraction of sp³-hybridized carbons (Fsp3) is 0. The van der Waals surface area contributed by atoms with Crippen LogP contribution >= 0.6 is 0 Å². The van der Waals surface area contributed by atoms with Gasteiger partial charge in [-0.1, -0.05) is 48.5 Å². The highest BCUT2D eigenvalue weighted by Gasteiger charge is 2.14. The smallest absolute Gasteiger partial charge is 0.352 e. The van der Waals surface area contributed by atoms with Gasteiger partial charge in [-0.15, -0.1) is 0 Å². The average Bonchev–Trinajstić information content (AvgIpc) is 2.75. The molecule has 0 spiro atoms. The Balaban J connectivity index is 1.69. The van der Waals surface area contributed by atoms with Crippen molar-refractivity contribution < 1.29 is 19.5 Å². The van der Waals surface area contributed by atoms with Crippen LogP contribution in [0.2, 0.25) is 0 Å². The maximum atomic E-state index is 12.4. The van der Waals surface area contributed by atoms with Crippen molar-refractivity contribution in [2.24, 2.45) is 0 Å². The van der Waals surface area contributed by atoms with Gasteiger partial charge in [0.25, 0.3) is 11.8 Å². The summed E-state index contributed by atoms with van der Waals surface area (Å²) in [7, 11) is 0. The second-order valence-corrected chi connectivity index (χ2v) is 6.13. The van der Waals surface area contributed by atoms with E-state index in [2.05, 4.69) is 10.6 Å². The van der Waals surface area contributed by atoms with E-state index >= 15 is 0 Å². The molecule has 6 nitrogen and oxygen atoms in total. The lowest BCUT2D eigenvalue weighted by Gasteiger charge is -2.08. The number of carboxylic acids is 1. The summed E-state index contributed by atoms with van der Waals surface area (Å²) in [5.74, 6) is -2.06. The molecule has 3 aromatic carbocycles. The monoisotopic (exact) mass is 386 g/mol. The van der Waals surface area contributed by atoms with Crippen molar-refractivity contribution in [1.82, 2.24) is 5.32 Å². The molecule has 0 aromatic heterocycles. The predicted octanol–water partition coefficient (Wildman–Crippen LogP) is 3.79. The van der Waals surface area contributed by atoms with Gasteiger partial charge in [0.2, 0.25) is 0 Å². The van der Waals surface area contributed by atoms with Gasteiger partial charge in [-0.25, -0.2) is 4.79 Å². The van der Waals surface area contributed by atoms with E-state index in [9.17, 15) is 19.5 Å². The zero-order valence-corrected chi connectivity index (χ0v) is 15.3. The summed E-state index contributed by atoms with van der Waals surface area (Å²) in [5, 5.41) is 14.5. The highest BCUT2D eigenvalue weighted by atomic mass is 16.4. The first-order valence-electron chi connectivity index (χ1n) is 8.81. The Hall–Kier alpha value is -4.19. The third-order valence-electron chi connectivity index (χ3n) is 4.03. The summed E-state index contributed by atoms with van der Waals surface area (Å²) in [6, 6.07) is 23.8. The zero-order chi connectivity index (χ0) is 20.6. The van der Waals surface area contributed by atoms with Crippen molar-refractivity contribution in [1.29, 1.82) is 0 Å². The van der Waals surface area contributed by atoms with Gasteiger partial charge in [0.05, 0.1) is 0 Å². The number of carbonyl (C=O) groups excluding carboxylic acids is 2. The number of hydrogen-bond acceptors (Lipinski definition) is 3. The summed E-state index contributed by atoms with van der Waals surface area (Å²) in [5.41, 5.74) is 1.73. The van der Waals surface area contributed by atoms with Gasteiger partial charge >= 0.3 is 5.97 Å². The Morgan fingerprint density at radius 2 is 1.24 bits per heavy atom. The van der Waals surface area contributed by atoms with Crippen LogP contribution in [0.15, 0.2) is 90.6 Å². The molecule has 29 heavy (non-hydrogen) atoms. The number of aliphatic carboxylic acids is 1. The number of benzene rings is 3. The molecule has 6 heteroatoms. The predicted molar refractivity (Wildman–Crippen MR) is 110 cm³/mol. The summed E-state index contributed by atoms with van der Waals surface area (Å²) in [4.78, 5) is 36.0. The number of hydrogen-bond donors (Lipinski definition) is 3. The second kappa shape index (κ2) is 9.14. The lowest BCUT2D eigenvalue weighted by atomic mass is 10.1. The van der Waals surface area contributed by atoms with Gasteiger partial charge in [-0.05, 0) is 48.0 Å².